The maximum Gasteiger partial charge on any atom is 0.109 e. The summed E-state index contributed by atoms with van der Waals surface area (Å²) in [5.41, 5.74) is 0.340. The number of hydrogen-bond acceptors (Lipinski definition) is 3. The zero-order chi connectivity index (χ0) is 15.3. The van der Waals surface area contributed by atoms with Crippen molar-refractivity contribution in [2.75, 3.05) is 26.2 Å². The van der Waals surface area contributed by atoms with Crippen molar-refractivity contribution < 1.29 is 0 Å². The molecule has 3 heteroatoms. The van der Waals surface area contributed by atoms with Crippen LogP contribution in [0.3, 0.4) is 0 Å². The van der Waals surface area contributed by atoms with Gasteiger partial charge in [0.1, 0.15) is 5.54 Å². The minimum Gasteiger partial charge on any atom is -0.303 e. The van der Waals surface area contributed by atoms with E-state index in [0.29, 0.717) is 11.3 Å². The summed E-state index contributed by atoms with van der Waals surface area (Å²) in [6.07, 6.45) is 8.64. The Hall–Kier alpha value is -0.590. The molecule has 2 unspecified atom stereocenters. The Morgan fingerprint density at radius 3 is 2.52 bits per heavy atom. The van der Waals surface area contributed by atoms with Gasteiger partial charge in [0.05, 0.1) is 6.07 Å². The van der Waals surface area contributed by atoms with Gasteiger partial charge in [0.15, 0.2) is 0 Å². The molecule has 0 spiro atoms. The Kier molecular flexibility index (Phi) is 5.68. The normalized spacial score (nSPS) is 33.0. The predicted octanol–water partition coefficient (Wildman–Crippen LogP) is 3.56. The number of piperidine rings is 1. The molecule has 0 aromatic carbocycles. The lowest BCUT2D eigenvalue weighted by Gasteiger charge is -2.40. The van der Waals surface area contributed by atoms with Crippen LogP contribution in [-0.4, -0.2) is 36.6 Å². The third-order valence-corrected chi connectivity index (χ3v) is 6.22. The summed E-state index contributed by atoms with van der Waals surface area (Å²) >= 11 is 0. The van der Waals surface area contributed by atoms with Gasteiger partial charge in [-0.15, -0.1) is 0 Å². The van der Waals surface area contributed by atoms with Crippen molar-refractivity contribution in [1.82, 2.24) is 10.2 Å². The number of nitriles is 1. The van der Waals surface area contributed by atoms with Crippen molar-refractivity contribution in [3.05, 3.63) is 0 Å². The SMILES string of the molecule is CCNC1(C#N)CCCC1CCN1CCC(C)(CC)CC1. The smallest absolute Gasteiger partial charge is 0.109 e. The standard InChI is InChI=1S/C18H33N3/c1-4-17(3)10-13-21(14-11-17)12-8-16-7-6-9-18(16,15-19)20-5-2/h16,20H,4-14H2,1-3H3. The molecule has 0 bridgehead atoms. The molecule has 1 saturated carbocycles. The van der Waals surface area contributed by atoms with Gasteiger partial charge in [0.25, 0.3) is 0 Å². The lowest BCUT2D eigenvalue weighted by atomic mass is 9.78. The van der Waals surface area contributed by atoms with Crippen molar-refractivity contribution in [2.45, 2.75) is 71.3 Å². The van der Waals surface area contributed by atoms with Gasteiger partial charge in [-0.25, -0.2) is 0 Å². The van der Waals surface area contributed by atoms with Gasteiger partial charge in [-0.1, -0.05) is 33.6 Å². The van der Waals surface area contributed by atoms with Crippen LogP contribution in [0.4, 0.5) is 0 Å². The third-order valence-electron chi connectivity index (χ3n) is 6.22. The summed E-state index contributed by atoms with van der Waals surface area (Å²) in [6, 6.07) is 2.61. The number of nitrogens with one attached hydrogen (secondary N) is 1. The Labute approximate surface area is 131 Å². The second kappa shape index (κ2) is 7.11. The number of nitrogens with zero attached hydrogens (tertiary/aromatic N) is 2. The van der Waals surface area contributed by atoms with Gasteiger partial charge in [0.2, 0.25) is 0 Å². The fraction of sp³-hybridized carbons (Fsp3) is 0.944. The van der Waals surface area contributed by atoms with E-state index >= 15 is 0 Å². The molecule has 1 N–H and O–H groups in total. The Morgan fingerprint density at radius 1 is 1.24 bits per heavy atom. The van der Waals surface area contributed by atoms with Crippen LogP contribution in [0.5, 0.6) is 0 Å². The first-order valence-corrected chi connectivity index (χ1v) is 8.96. The summed E-state index contributed by atoms with van der Waals surface area (Å²) in [5.74, 6) is 0.543. The monoisotopic (exact) mass is 291 g/mol. The quantitative estimate of drug-likeness (QED) is 0.813. The van der Waals surface area contributed by atoms with Gasteiger partial charge < -0.3 is 4.90 Å². The molecule has 0 amide bonds. The molecule has 1 aliphatic heterocycles. The highest BCUT2D eigenvalue weighted by atomic mass is 15.1. The van der Waals surface area contributed by atoms with E-state index < -0.39 is 0 Å². The summed E-state index contributed by atoms with van der Waals surface area (Å²) in [4.78, 5) is 2.63. The van der Waals surface area contributed by atoms with Crippen LogP contribution in [0.1, 0.15) is 65.7 Å². The van der Waals surface area contributed by atoms with E-state index in [-0.39, 0.29) is 5.54 Å². The molecule has 2 fully saturated rings. The van der Waals surface area contributed by atoms with Crippen LogP contribution >= 0.6 is 0 Å². The summed E-state index contributed by atoms with van der Waals surface area (Å²) in [5, 5.41) is 13.1. The van der Waals surface area contributed by atoms with E-state index in [1.54, 1.807) is 0 Å². The first-order chi connectivity index (χ1) is 10.1. The van der Waals surface area contributed by atoms with Crippen molar-refractivity contribution in [3.8, 4) is 6.07 Å². The molecule has 21 heavy (non-hydrogen) atoms. The van der Waals surface area contributed by atoms with Crippen LogP contribution in [0, 0.1) is 22.7 Å². The molecule has 0 aromatic rings. The van der Waals surface area contributed by atoms with Crippen LogP contribution < -0.4 is 5.32 Å². The Morgan fingerprint density at radius 2 is 1.95 bits per heavy atom. The third kappa shape index (κ3) is 3.79. The van der Waals surface area contributed by atoms with Gasteiger partial charge in [-0.05, 0) is 69.6 Å². The second-order valence-corrected chi connectivity index (χ2v) is 7.50. The van der Waals surface area contributed by atoms with Crippen LogP contribution in [0.25, 0.3) is 0 Å². The predicted molar refractivity (Wildman–Crippen MR) is 88.1 cm³/mol. The van der Waals surface area contributed by atoms with E-state index in [9.17, 15) is 5.26 Å². The molecule has 120 valence electrons. The molecule has 3 nitrogen and oxygen atoms in total. The van der Waals surface area contributed by atoms with Gasteiger partial charge in [0, 0.05) is 0 Å². The largest absolute Gasteiger partial charge is 0.303 e. The summed E-state index contributed by atoms with van der Waals surface area (Å²) in [7, 11) is 0. The van der Waals surface area contributed by atoms with Crippen molar-refractivity contribution in [2.24, 2.45) is 11.3 Å². The van der Waals surface area contributed by atoms with Crippen molar-refractivity contribution in [1.29, 1.82) is 5.26 Å². The number of rotatable bonds is 6. The molecule has 0 aromatic heterocycles. The van der Waals surface area contributed by atoms with Gasteiger partial charge in [-0.3, -0.25) is 5.32 Å². The van der Waals surface area contributed by atoms with Crippen molar-refractivity contribution >= 4 is 0 Å². The van der Waals surface area contributed by atoms with Gasteiger partial charge in [-0.2, -0.15) is 5.26 Å². The molecule has 2 aliphatic rings. The zero-order valence-electron chi connectivity index (χ0n) is 14.2. The van der Waals surface area contributed by atoms with E-state index in [2.05, 4.69) is 37.1 Å². The Bertz CT molecular complexity index is 365. The lowest BCUT2D eigenvalue weighted by molar-refractivity contribution is 0.106. The average Bonchev–Trinajstić information content (AvgIpc) is 2.90. The molecule has 1 aliphatic carbocycles. The molecule has 1 heterocycles. The molecule has 2 rings (SSSR count). The topological polar surface area (TPSA) is 39.1 Å². The summed E-state index contributed by atoms with van der Waals surface area (Å²) < 4.78 is 0. The average molecular weight is 291 g/mol. The highest BCUT2D eigenvalue weighted by Crippen LogP contribution is 2.38. The Balaban J connectivity index is 1.82. The molecule has 2 atom stereocenters. The molecular formula is C18H33N3. The fourth-order valence-corrected chi connectivity index (χ4v) is 4.21. The van der Waals surface area contributed by atoms with Crippen molar-refractivity contribution in [3.63, 3.8) is 0 Å². The minimum atomic E-state index is -0.234. The maximum absolute atomic E-state index is 9.63. The highest BCUT2D eigenvalue weighted by Gasteiger charge is 2.42. The second-order valence-electron chi connectivity index (χ2n) is 7.50. The van der Waals surface area contributed by atoms with Crippen LogP contribution in [0.15, 0.2) is 0 Å². The van der Waals surface area contributed by atoms with Crippen LogP contribution in [-0.2, 0) is 0 Å². The summed E-state index contributed by atoms with van der Waals surface area (Å²) in [6.45, 7) is 11.5. The maximum atomic E-state index is 9.63. The highest BCUT2D eigenvalue weighted by molar-refractivity contribution is 5.14. The van der Waals surface area contributed by atoms with E-state index in [1.807, 2.05) is 0 Å². The van der Waals surface area contributed by atoms with E-state index in [1.165, 1.54) is 58.2 Å². The molecule has 1 saturated heterocycles. The fourth-order valence-electron chi connectivity index (χ4n) is 4.21. The molecule has 0 radical (unpaired) electrons. The number of hydrogen-bond donors (Lipinski definition) is 1. The zero-order valence-corrected chi connectivity index (χ0v) is 14.2. The minimum absolute atomic E-state index is 0.234. The first-order valence-electron chi connectivity index (χ1n) is 8.96. The lowest BCUT2D eigenvalue weighted by Crippen LogP contribution is -2.48. The van der Waals surface area contributed by atoms with E-state index in [0.717, 1.165) is 13.0 Å². The van der Waals surface area contributed by atoms with E-state index in [4.69, 9.17) is 0 Å². The van der Waals surface area contributed by atoms with Gasteiger partial charge >= 0.3 is 0 Å². The van der Waals surface area contributed by atoms with Crippen LogP contribution in [0.2, 0.25) is 0 Å². The molecular weight excluding hydrogens is 258 g/mol. The number of likely N-dealkylation sites (tertiary alicyclic amines) is 1. The first kappa shape index (κ1) is 16.8.